The van der Waals surface area contributed by atoms with Crippen LogP contribution in [0.2, 0.25) is 0 Å². The van der Waals surface area contributed by atoms with Crippen molar-refractivity contribution < 1.29 is 24.5 Å². The number of allylic oxidation sites excluding steroid dienone is 2. The second kappa shape index (κ2) is 64.1. The number of aliphatic hydroxyl groups excluding tert-OH is 2. The summed E-state index contributed by atoms with van der Waals surface area (Å²) in [6, 6.07) is -0.538. The molecule has 0 radical (unpaired) electrons. The summed E-state index contributed by atoms with van der Waals surface area (Å²) in [6.07, 6.45) is 78.2. The third-order valence-electron chi connectivity index (χ3n) is 16.1. The molecule has 6 nitrogen and oxygen atoms in total. The summed E-state index contributed by atoms with van der Waals surface area (Å²) in [7, 11) is 0. The Labute approximate surface area is 463 Å². The van der Waals surface area contributed by atoms with Crippen LogP contribution < -0.4 is 5.32 Å². The Morgan fingerprint density at radius 1 is 0.365 bits per heavy atom. The van der Waals surface area contributed by atoms with Crippen molar-refractivity contribution in [1.82, 2.24) is 5.32 Å². The minimum atomic E-state index is -0.661. The van der Waals surface area contributed by atoms with Gasteiger partial charge in [0.15, 0.2) is 0 Å². The highest BCUT2D eigenvalue weighted by Crippen LogP contribution is 2.19. The van der Waals surface area contributed by atoms with Crippen molar-refractivity contribution in [3.05, 3.63) is 12.2 Å². The van der Waals surface area contributed by atoms with E-state index in [4.69, 9.17) is 4.74 Å². The first kappa shape index (κ1) is 72.6. The highest BCUT2D eigenvalue weighted by molar-refractivity contribution is 5.76. The summed E-state index contributed by atoms with van der Waals surface area (Å²) >= 11 is 0. The number of nitrogens with one attached hydrogen (secondary N) is 1. The summed E-state index contributed by atoms with van der Waals surface area (Å²) in [5, 5.41) is 23.3. The van der Waals surface area contributed by atoms with E-state index in [-0.39, 0.29) is 18.5 Å². The highest BCUT2D eigenvalue weighted by Gasteiger charge is 2.20. The van der Waals surface area contributed by atoms with Crippen LogP contribution >= 0.6 is 0 Å². The van der Waals surface area contributed by atoms with Crippen molar-refractivity contribution in [1.29, 1.82) is 0 Å². The Morgan fingerprint density at radius 2 is 0.635 bits per heavy atom. The first-order valence-corrected chi connectivity index (χ1v) is 33.9. The molecule has 0 spiro atoms. The predicted molar refractivity (Wildman–Crippen MR) is 324 cm³/mol. The summed E-state index contributed by atoms with van der Waals surface area (Å²) < 4.78 is 5.49. The molecule has 0 aliphatic heterocycles. The van der Waals surface area contributed by atoms with Crippen LogP contribution in [-0.2, 0) is 14.3 Å². The smallest absolute Gasteiger partial charge is 0.305 e. The van der Waals surface area contributed by atoms with E-state index in [1.54, 1.807) is 0 Å². The summed E-state index contributed by atoms with van der Waals surface area (Å²) in [5.41, 5.74) is 0. The minimum absolute atomic E-state index is 0.0115. The lowest BCUT2D eigenvalue weighted by Crippen LogP contribution is -2.45. The maximum absolute atomic E-state index is 12.5. The van der Waals surface area contributed by atoms with Crippen LogP contribution in [0.3, 0.4) is 0 Å². The zero-order valence-electron chi connectivity index (χ0n) is 50.4. The maximum Gasteiger partial charge on any atom is 0.305 e. The van der Waals surface area contributed by atoms with Crippen molar-refractivity contribution >= 4 is 11.9 Å². The molecule has 0 bridgehead atoms. The van der Waals surface area contributed by atoms with Crippen LogP contribution in [0.1, 0.15) is 386 Å². The topological polar surface area (TPSA) is 95.9 Å². The number of unbranched alkanes of at least 4 members (excludes halogenated alkanes) is 51. The molecule has 3 N–H and O–H groups in total. The van der Waals surface area contributed by atoms with E-state index < -0.39 is 12.1 Å². The monoisotopic (exact) mass is 1040 g/mol. The lowest BCUT2D eigenvalue weighted by Gasteiger charge is -2.22. The van der Waals surface area contributed by atoms with Crippen molar-refractivity contribution in [3.8, 4) is 0 Å². The van der Waals surface area contributed by atoms with Gasteiger partial charge in [-0.3, -0.25) is 9.59 Å². The molecule has 0 aliphatic rings. The van der Waals surface area contributed by atoms with Crippen molar-refractivity contribution in [2.45, 2.75) is 398 Å². The van der Waals surface area contributed by atoms with Gasteiger partial charge in [-0.15, -0.1) is 0 Å². The number of amides is 1. The number of hydrogen-bond acceptors (Lipinski definition) is 5. The molecule has 0 saturated carbocycles. The molecule has 2 atom stereocenters. The zero-order valence-corrected chi connectivity index (χ0v) is 50.4. The van der Waals surface area contributed by atoms with Crippen LogP contribution in [0.15, 0.2) is 12.2 Å². The van der Waals surface area contributed by atoms with Gasteiger partial charge in [-0.25, -0.2) is 0 Å². The Kier molecular flexibility index (Phi) is 62.9. The van der Waals surface area contributed by atoms with E-state index in [2.05, 4.69) is 31.3 Å². The fourth-order valence-corrected chi connectivity index (χ4v) is 10.9. The predicted octanol–water partition coefficient (Wildman–Crippen LogP) is 21.6. The Hall–Kier alpha value is -1.40. The molecular formula is C68H133NO5. The molecule has 74 heavy (non-hydrogen) atoms. The van der Waals surface area contributed by atoms with Gasteiger partial charge in [-0.05, 0) is 51.4 Å². The number of carbonyl (C=O) groups excluding carboxylic acids is 2. The van der Waals surface area contributed by atoms with Crippen LogP contribution in [0.25, 0.3) is 0 Å². The minimum Gasteiger partial charge on any atom is -0.466 e. The van der Waals surface area contributed by atoms with Crippen molar-refractivity contribution in [3.63, 3.8) is 0 Å². The molecule has 0 aromatic carbocycles. The van der Waals surface area contributed by atoms with E-state index >= 15 is 0 Å². The van der Waals surface area contributed by atoms with Crippen LogP contribution in [0, 0.1) is 0 Å². The van der Waals surface area contributed by atoms with Gasteiger partial charge in [0, 0.05) is 12.8 Å². The average molecular weight is 1040 g/mol. The number of rotatable bonds is 64. The SMILES string of the molecule is CCCCCCCCC/C=C\CCCCCCCC(=O)OCCCCCCCCCCCCCCCCCCCCCCCCCCCCCC(=O)NC(CO)C(O)CCCCCCCCCCCCCCCC. The quantitative estimate of drug-likeness (QED) is 0.0320. The molecule has 0 aromatic rings. The van der Waals surface area contributed by atoms with Crippen molar-refractivity contribution in [2.75, 3.05) is 13.2 Å². The number of esters is 1. The highest BCUT2D eigenvalue weighted by atomic mass is 16.5. The molecule has 0 saturated heterocycles. The normalized spacial score (nSPS) is 12.5. The zero-order chi connectivity index (χ0) is 53.6. The van der Waals surface area contributed by atoms with Crippen LogP contribution in [0.4, 0.5) is 0 Å². The Bertz CT molecular complexity index is 1110. The van der Waals surface area contributed by atoms with Gasteiger partial charge in [-0.2, -0.15) is 0 Å². The second-order valence-corrected chi connectivity index (χ2v) is 23.5. The average Bonchev–Trinajstić information content (AvgIpc) is 3.40. The fraction of sp³-hybridized carbons (Fsp3) is 0.941. The molecule has 0 heterocycles. The molecule has 2 unspecified atom stereocenters. The summed E-state index contributed by atoms with van der Waals surface area (Å²) in [5.74, 6) is -0.0181. The molecule has 440 valence electrons. The van der Waals surface area contributed by atoms with Gasteiger partial charge in [-0.1, -0.05) is 334 Å². The largest absolute Gasteiger partial charge is 0.466 e. The molecular weight excluding hydrogens is 911 g/mol. The van der Waals surface area contributed by atoms with E-state index in [0.717, 1.165) is 44.9 Å². The standard InChI is InChI=1S/C68H133NO5/c1-3-5-7-9-11-13-15-17-19-34-38-42-46-50-54-58-62-68(73)74-63-59-55-51-47-43-39-35-32-30-28-26-24-22-20-21-23-25-27-29-31-33-37-41-45-49-53-57-61-67(72)69-65(64-70)66(71)60-56-52-48-44-40-36-18-16-14-12-10-8-6-4-2/h19,34,65-66,70-71H,3-18,20-33,35-64H2,1-2H3,(H,69,72)/b34-19-. The van der Waals surface area contributed by atoms with Gasteiger partial charge in [0.2, 0.25) is 5.91 Å². The van der Waals surface area contributed by atoms with Gasteiger partial charge in [0.1, 0.15) is 0 Å². The Morgan fingerprint density at radius 3 is 0.959 bits per heavy atom. The molecule has 1 amide bonds. The summed E-state index contributed by atoms with van der Waals surface area (Å²) in [4.78, 5) is 24.6. The molecule has 6 heteroatoms. The first-order chi connectivity index (χ1) is 36.5. The number of hydrogen-bond donors (Lipinski definition) is 3. The van der Waals surface area contributed by atoms with E-state index in [0.29, 0.717) is 25.9 Å². The third-order valence-corrected chi connectivity index (χ3v) is 16.1. The van der Waals surface area contributed by atoms with Gasteiger partial charge in [0.05, 0.1) is 25.4 Å². The van der Waals surface area contributed by atoms with Gasteiger partial charge >= 0.3 is 5.97 Å². The van der Waals surface area contributed by atoms with E-state index in [1.807, 2.05) is 0 Å². The second-order valence-electron chi connectivity index (χ2n) is 23.5. The number of carbonyl (C=O) groups is 2. The lowest BCUT2D eigenvalue weighted by molar-refractivity contribution is -0.143. The van der Waals surface area contributed by atoms with E-state index in [1.165, 1.54) is 308 Å². The van der Waals surface area contributed by atoms with Crippen molar-refractivity contribution in [2.24, 2.45) is 0 Å². The van der Waals surface area contributed by atoms with Gasteiger partial charge < -0.3 is 20.3 Å². The molecule has 0 fully saturated rings. The van der Waals surface area contributed by atoms with Gasteiger partial charge in [0.25, 0.3) is 0 Å². The van der Waals surface area contributed by atoms with Crippen LogP contribution in [-0.4, -0.2) is 47.4 Å². The molecule has 0 aliphatic carbocycles. The van der Waals surface area contributed by atoms with Crippen LogP contribution in [0.5, 0.6) is 0 Å². The maximum atomic E-state index is 12.5. The fourth-order valence-electron chi connectivity index (χ4n) is 10.9. The molecule has 0 aromatic heterocycles. The Balaban J connectivity index is 3.33. The number of ether oxygens (including phenoxy) is 1. The number of aliphatic hydroxyl groups is 2. The summed E-state index contributed by atoms with van der Waals surface area (Å²) in [6.45, 7) is 4.98. The third kappa shape index (κ3) is 59.8. The molecule has 0 rings (SSSR count). The van der Waals surface area contributed by atoms with E-state index in [9.17, 15) is 19.8 Å². The first-order valence-electron chi connectivity index (χ1n) is 33.9. The lowest BCUT2D eigenvalue weighted by atomic mass is 10.0.